The van der Waals surface area contributed by atoms with E-state index in [1.54, 1.807) is 0 Å². The molecule has 152 valence electrons. The van der Waals surface area contributed by atoms with E-state index in [9.17, 15) is 4.79 Å². The number of anilines is 1. The zero-order valence-electron chi connectivity index (χ0n) is 16.1. The first kappa shape index (κ1) is 21.7. The van der Waals surface area contributed by atoms with Crippen LogP contribution in [0.3, 0.4) is 0 Å². The SMILES string of the molecule is CCc1ccccc1NC(=O)C[n+]1cc(-c2ccc(Cl)c(Cl)c2)n2c1CCC2.[Cl-]. The second-order valence-corrected chi connectivity index (χ2v) is 7.82. The second kappa shape index (κ2) is 9.21. The quantitative estimate of drug-likeness (QED) is 0.593. The number of benzene rings is 2. The van der Waals surface area contributed by atoms with Gasteiger partial charge in [0.05, 0.1) is 23.0 Å². The highest BCUT2D eigenvalue weighted by atomic mass is 35.5. The van der Waals surface area contributed by atoms with Crippen LogP contribution in [-0.2, 0) is 30.7 Å². The molecule has 0 aliphatic carbocycles. The molecule has 4 rings (SSSR count). The average Bonchev–Trinajstić information content (AvgIpc) is 3.28. The Morgan fingerprint density at radius 1 is 1.17 bits per heavy atom. The normalized spacial score (nSPS) is 12.4. The van der Waals surface area contributed by atoms with Crippen molar-refractivity contribution in [2.45, 2.75) is 39.3 Å². The number of nitrogens with zero attached hydrogens (tertiary/aromatic N) is 2. The van der Waals surface area contributed by atoms with Crippen molar-refractivity contribution >= 4 is 34.8 Å². The van der Waals surface area contributed by atoms with Crippen molar-refractivity contribution in [3.05, 3.63) is 70.1 Å². The number of carbonyl (C=O) groups excluding carboxylic acids is 1. The van der Waals surface area contributed by atoms with Crippen LogP contribution in [0.1, 0.15) is 24.7 Å². The summed E-state index contributed by atoms with van der Waals surface area (Å²) in [7, 11) is 0. The van der Waals surface area contributed by atoms with E-state index in [2.05, 4.69) is 21.4 Å². The van der Waals surface area contributed by atoms with Crippen molar-refractivity contribution in [3.63, 3.8) is 0 Å². The third kappa shape index (κ3) is 4.45. The van der Waals surface area contributed by atoms with Crippen LogP contribution in [0.15, 0.2) is 48.7 Å². The highest BCUT2D eigenvalue weighted by Gasteiger charge is 2.29. The van der Waals surface area contributed by atoms with E-state index < -0.39 is 0 Å². The van der Waals surface area contributed by atoms with E-state index in [1.165, 1.54) is 5.82 Å². The molecule has 0 bridgehead atoms. The molecule has 7 heteroatoms. The van der Waals surface area contributed by atoms with Gasteiger partial charge in [-0.1, -0.05) is 48.3 Å². The summed E-state index contributed by atoms with van der Waals surface area (Å²) in [6.07, 6.45) is 4.96. The van der Waals surface area contributed by atoms with Crippen LogP contribution < -0.4 is 22.3 Å². The zero-order valence-corrected chi connectivity index (χ0v) is 18.4. The minimum atomic E-state index is -0.0214. The number of para-hydroxylation sites is 1. The monoisotopic (exact) mass is 449 g/mol. The number of fused-ring (bicyclic) bond motifs is 1. The number of rotatable bonds is 5. The van der Waals surface area contributed by atoms with Crippen molar-refractivity contribution in [2.24, 2.45) is 0 Å². The van der Waals surface area contributed by atoms with Gasteiger partial charge in [0, 0.05) is 11.3 Å². The van der Waals surface area contributed by atoms with Crippen LogP contribution in [0.2, 0.25) is 10.0 Å². The number of nitrogens with one attached hydrogen (secondary N) is 1. The lowest BCUT2D eigenvalue weighted by atomic mass is 10.1. The van der Waals surface area contributed by atoms with E-state index >= 15 is 0 Å². The first-order chi connectivity index (χ1) is 13.6. The highest BCUT2D eigenvalue weighted by molar-refractivity contribution is 6.42. The maximum absolute atomic E-state index is 12.7. The van der Waals surface area contributed by atoms with Crippen molar-refractivity contribution < 1.29 is 21.8 Å². The van der Waals surface area contributed by atoms with Crippen molar-refractivity contribution in [2.75, 3.05) is 5.32 Å². The lowest BCUT2D eigenvalue weighted by Crippen LogP contribution is -3.00. The third-order valence-corrected chi connectivity index (χ3v) is 5.93. The van der Waals surface area contributed by atoms with Gasteiger partial charge in [-0.15, -0.1) is 0 Å². The van der Waals surface area contributed by atoms with Gasteiger partial charge in [-0.3, -0.25) is 4.79 Å². The Bertz CT molecular complexity index is 1050. The molecule has 4 nitrogen and oxygen atoms in total. The number of amides is 1. The predicted molar refractivity (Wildman–Crippen MR) is 113 cm³/mol. The van der Waals surface area contributed by atoms with Crippen molar-refractivity contribution in [3.8, 4) is 11.3 Å². The molecule has 1 N–H and O–H groups in total. The van der Waals surface area contributed by atoms with E-state index in [1.807, 2.05) is 48.7 Å². The number of hydrogen-bond donors (Lipinski definition) is 1. The molecule has 0 saturated heterocycles. The Labute approximate surface area is 186 Å². The van der Waals surface area contributed by atoms with Crippen molar-refractivity contribution in [1.29, 1.82) is 0 Å². The van der Waals surface area contributed by atoms with Crippen LogP contribution in [0.5, 0.6) is 0 Å². The van der Waals surface area contributed by atoms with Gasteiger partial charge in [-0.25, -0.2) is 9.13 Å². The molecule has 1 aliphatic rings. The lowest BCUT2D eigenvalue weighted by Gasteiger charge is -2.08. The number of imidazole rings is 1. The van der Waals surface area contributed by atoms with Crippen LogP contribution in [0.25, 0.3) is 11.3 Å². The summed E-state index contributed by atoms with van der Waals surface area (Å²) < 4.78 is 4.32. The summed E-state index contributed by atoms with van der Waals surface area (Å²) in [5.74, 6) is 1.15. The maximum Gasteiger partial charge on any atom is 0.266 e. The molecule has 3 aromatic rings. The van der Waals surface area contributed by atoms with Crippen LogP contribution >= 0.6 is 23.2 Å². The summed E-state index contributed by atoms with van der Waals surface area (Å²) in [6, 6.07) is 13.6. The van der Waals surface area contributed by atoms with Crippen molar-refractivity contribution in [1.82, 2.24) is 4.57 Å². The Morgan fingerprint density at radius 3 is 2.72 bits per heavy atom. The minimum absolute atomic E-state index is 0. The summed E-state index contributed by atoms with van der Waals surface area (Å²) in [4.78, 5) is 12.7. The number of carbonyl (C=O) groups is 1. The third-order valence-electron chi connectivity index (χ3n) is 5.20. The summed E-state index contributed by atoms with van der Waals surface area (Å²) >= 11 is 12.3. The lowest BCUT2D eigenvalue weighted by molar-refractivity contribution is -0.690. The number of aryl methyl sites for hydroxylation is 1. The number of hydrogen-bond acceptors (Lipinski definition) is 1. The van der Waals surface area contributed by atoms with Gasteiger partial charge in [0.25, 0.3) is 11.7 Å². The zero-order chi connectivity index (χ0) is 19.7. The molecule has 1 aromatic heterocycles. The minimum Gasteiger partial charge on any atom is -1.00 e. The van der Waals surface area contributed by atoms with Crippen LogP contribution in [0, 0.1) is 0 Å². The Morgan fingerprint density at radius 2 is 1.97 bits per heavy atom. The molecule has 2 aromatic carbocycles. The number of aromatic nitrogens is 2. The van der Waals surface area contributed by atoms with Crippen LogP contribution in [-0.4, -0.2) is 10.5 Å². The molecule has 0 saturated carbocycles. The summed E-state index contributed by atoms with van der Waals surface area (Å²) in [5.41, 5.74) is 4.09. The molecule has 1 amide bonds. The number of halogens is 3. The highest BCUT2D eigenvalue weighted by Crippen LogP contribution is 2.30. The molecule has 0 atom stereocenters. The summed E-state index contributed by atoms with van der Waals surface area (Å²) in [5, 5.41) is 4.14. The van der Waals surface area contributed by atoms with Gasteiger partial charge < -0.3 is 17.7 Å². The topological polar surface area (TPSA) is 37.9 Å². The van der Waals surface area contributed by atoms with Gasteiger partial charge in [0.15, 0.2) is 12.2 Å². The molecular formula is C22H22Cl3N3O. The van der Waals surface area contributed by atoms with Gasteiger partial charge in [-0.05, 0) is 42.7 Å². The predicted octanol–water partition coefficient (Wildman–Crippen LogP) is 1.90. The van der Waals surface area contributed by atoms with Gasteiger partial charge in [-0.2, -0.15) is 0 Å². The molecule has 1 aliphatic heterocycles. The first-order valence-electron chi connectivity index (χ1n) is 9.52. The maximum atomic E-state index is 12.7. The molecule has 0 fully saturated rings. The molecule has 0 radical (unpaired) electrons. The molecule has 2 heterocycles. The fraction of sp³-hybridized carbons (Fsp3) is 0.273. The van der Waals surface area contributed by atoms with E-state index in [0.29, 0.717) is 10.0 Å². The molecular weight excluding hydrogens is 429 g/mol. The average molecular weight is 451 g/mol. The molecule has 0 spiro atoms. The fourth-order valence-corrected chi connectivity index (χ4v) is 4.13. The Kier molecular flexibility index (Phi) is 6.89. The second-order valence-electron chi connectivity index (χ2n) is 7.00. The Balaban J connectivity index is 0.00000240. The van der Waals surface area contributed by atoms with E-state index in [0.717, 1.165) is 48.3 Å². The molecule has 29 heavy (non-hydrogen) atoms. The fourth-order valence-electron chi connectivity index (χ4n) is 3.83. The van der Waals surface area contributed by atoms with Crippen LogP contribution in [0.4, 0.5) is 5.69 Å². The van der Waals surface area contributed by atoms with Gasteiger partial charge >= 0.3 is 0 Å². The molecule has 0 unspecified atom stereocenters. The first-order valence-corrected chi connectivity index (χ1v) is 10.3. The Hall–Kier alpha value is -2.01. The van der Waals surface area contributed by atoms with E-state index in [4.69, 9.17) is 23.2 Å². The smallest absolute Gasteiger partial charge is 0.266 e. The van der Waals surface area contributed by atoms with Gasteiger partial charge in [0.1, 0.15) is 6.20 Å². The van der Waals surface area contributed by atoms with Gasteiger partial charge in [0.2, 0.25) is 0 Å². The largest absolute Gasteiger partial charge is 1.00 e. The summed E-state index contributed by atoms with van der Waals surface area (Å²) in [6.45, 7) is 3.32. The van der Waals surface area contributed by atoms with E-state index in [-0.39, 0.29) is 24.9 Å². The standard InChI is InChI=1S/C22H21Cl2N3O.ClH/c1-2-15-6-3-4-7-19(15)25-21(28)14-26-13-20(27-11-5-8-22(26)27)16-9-10-17(23)18(24)12-16;/h3-4,6-7,9-10,12-13H,2,5,8,11,14H2,1H3;1H.